The van der Waals surface area contributed by atoms with Crippen LogP contribution in [-0.2, 0) is 26.4 Å². The molecular formula is C19H14ClF3N2O5S2. The van der Waals surface area contributed by atoms with Gasteiger partial charge in [0.1, 0.15) is 15.4 Å². The van der Waals surface area contributed by atoms with Gasteiger partial charge in [-0.2, -0.15) is 17.9 Å². The van der Waals surface area contributed by atoms with Crippen LogP contribution in [-0.4, -0.2) is 30.2 Å². The molecule has 13 heteroatoms. The Morgan fingerprint density at radius 2 is 2.00 bits per heavy atom. The largest absolute Gasteiger partial charge is 0.480 e. The average molecular weight is 507 g/mol. The summed E-state index contributed by atoms with van der Waals surface area (Å²) in [7, 11) is -4.32. The fraction of sp³-hybridized carbons (Fsp3) is 0.263. The molecule has 0 saturated heterocycles. The third-order valence-electron chi connectivity index (χ3n) is 5.46. The van der Waals surface area contributed by atoms with Crippen molar-refractivity contribution in [1.82, 2.24) is 9.88 Å². The SMILES string of the molecule is CC1(c2cccc(Cl)c2)CC1(NS(=O)(=O)c1ccc(-c2cc(C(F)(F)F)on2)s1)C(=O)O. The third kappa shape index (κ3) is 3.70. The van der Waals surface area contributed by atoms with Crippen LogP contribution in [0.1, 0.15) is 24.7 Å². The van der Waals surface area contributed by atoms with Crippen molar-refractivity contribution in [3.05, 3.63) is 58.8 Å². The molecule has 32 heavy (non-hydrogen) atoms. The summed E-state index contributed by atoms with van der Waals surface area (Å²) in [6, 6.07) is 9.59. The normalized spacial score (nSPS) is 23.3. The molecule has 1 fully saturated rings. The molecule has 0 radical (unpaired) electrons. The lowest BCUT2D eigenvalue weighted by Crippen LogP contribution is -2.47. The number of sulfonamides is 1. The first-order valence-corrected chi connectivity index (χ1v) is 11.6. The highest BCUT2D eigenvalue weighted by Crippen LogP contribution is 2.58. The Kier molecular flexibility index (Phi) is 5.20. The van der Waals surface area contributed by atoms with E-state index in [1.165, 1.54) is 12.1 Å². The molecule has 1 saturated carbocycles. The molecule has 7 nitrogen and oxygen atoms in total. The number of hydrogen-bond acceptors (Lipinski definition) is 6. The Hall–Kier alpha value is -2.41. The highest BCUT2D eigenvalue weighted by atomic mass is 35.5. The molecule has 0 bridgehead atoms. The predicted molar refractivity (Wildman–Crippen MR) is 109 cm³/mol. The van der Waals surface area contributed by atoms with Crippen molar-refractivity contribution in [2.45, 2.75) is 34.7 Å². The van der Waals surface area contributed by atoms with Gasteiger partial charge >= 0.3 is 12.1 Å². The number of alkyl halides is 3. The van der Waals surface area contributed by atoms with Crippen molar-refractivity contribution in [3.63, 3.8) is 0 Å². The number of thiophene rings is 1. The molecule has 2 unspecified atom stereocenters. The van der Waals surface area contributed by atoms with Crippen LogP contribution in [0.2, 0.25) is 5.02 Å². The molecule has 2 heterocycles. The number of carboxylic acid groups (broad SMARTS) is 1. The Balaban J connectivity index is 1.63. The second kappa shape index (κ2) is 7.30. The Labute approximate surface area is 188 Å². The standard InChI is InChI=1S/C19H14ClF3N2O5S2/c1-17(10-3-2-4-11(20)7-10)9-18(17,16(26)27)25-32(28,29)15-6-5-13(31-15)12-8-14(30-24-12)19(21,22)23/h2-8,25H,9H2,1H3,(H,26,27). The van der Waals surface area contributed by atoms with Gasteiger partial charge in [0.25, 0.3) is 10.0 Å². The topological polar surface area (TPSA) is 110 Å². The fourth-order valence-corrected chi connectivity index (χ4v) is 6.48. The quantitative estimate of drug-likeness (QED) is 0.508. The van der Waals surface area contributed by atoms with Crippen LogP contribution in [0.3, 0.4) is 0 Å². The predicted octanol–water partition coefficient (Wildman–Crippen LogP) is 4.54. The number of aliphatic carboxylic acids is 1. The maximum Gasteiger partial charge on any atom is 0.452 e. The number of carbonyl (C=O) groups is 1. The van der Waals surface area contributed by atoms with E-state index in [-0.39, 0.29) is 21.2 Å². The highest BCUT2D eigenvalue weighted by molar-refractivity contribution is 7.91. The van der Waals surface area contributed by atoms with Crippen LogP contribution in [0, 0.1) is 0 Å². The van der Waals surface area contributed by atoms with Crippen LogP contribution in [0.15, 0.2) is 51.2 Å². The lowest BCUT2D eigenvalue weighted by molar-refractivity contribution is -0.155. The van der Waals surface area contributed by atoms with E-state index in [9.17, 15) is 31.5 Å². The van der Waals surface area contributed by atoms with Crippen LogP contribution in [0.4, 0.5) is 13.2 Å². The van der Waals surface area contributed by atoms with Crippen molar-refractivity contribution in [2.24, 2.45) is 0 Å². The minimum atomic E-state index is -4.73. The molecule has 1 aliphatic rings. The molecule has 170 valence electrons. The summed E-state index contributed by atoms with van der Waals surface area (Å²) >= 11 is 6.64. The first-order chi connectivity index (χ1) is 14.8. The maximum absolute atomic E-state index is 13.0. The van der Waals surface area contributed by atoms with Crippen molar-refractivity contribution < 1.29 is 36.0 Å². The number of nitrogens with zero attached hydrogens (tertiary/aromatic N) is 1. The average Bonchev–Trinajstić information content (AvgIpc) is 3.12. The third-order valence-corrected chi connectivity index (χ3v) is 8.79. The summed E-state index contributed by atoms with van der Waals surface area (Å²) in [4.78, 5) is 12.2. The first kappa shape index (κ1) is 22.8. The zero-order valence-electron chi connectivity index (χ0n) is 16.1. The number of halogens is 4. The molecule has 0 spiro atoms. The first-order valence-electron chi connectivity index (χ1n) is 8.96. The van der Waals surface area contributed by atoms with E-state index in [2.05, 4.69) is 14.4 Å². The van der Waals surface area contributed by atoms with Gasteiger partial charge in [0.2, 0.25) is 5.76 Å². The summed E-state index contributed by atoms with van der Waals surface area (Å²) in [6.07, 6.45) is -4.74. The monoisotopic (exact) mass is 506 g/mol. The summed E-state index contributed by atoms with van der Waals surface area (Å²) in [5.74, 6) is -2.67. The summed E-state index contributed by atoms with van der Waals surface area (Å²) < 4.78 is 70.4. The maximum atomic E-state index is 13.0. The van der Waals surface area contributed by atoms with E-state index in [1.54, 1.807) is 31.2 Å². The Morgan fingerprint density at radius 1 is 1.28 bits per heavy atom. The number of nitrogens with one attached hydrogen (secondary N) is 1. The molecule has 4 rings (SSSR count). The van der Waals surface area contributed by atoms with Gasteiger partial charge in [0, 0.05) is 16.5 Å². The zero-order chi connectivity index (χ0) is 23.5. The molecule has 3 aromatic rings. The summed E-state index contributed by atoms with van der Waals surface area (Å²) in [5, 5.41) is 13.6. The second-order valence-corrected chi connectivity index (χ2v) is 11.0. The van der Waals surface area contributed by atoms with Crippen molar-refractivity contribution in [1.29, 1.82) is 0 Å². The minimum Gasteiger partial charge on any atom is -0.480 e. The molecule has 1 aromatic carbocycles. The van der Waals surface area contributed by atoms with Crippen molar-refractivity contribution >= 4 is 38.9 Å². The van der Waals surface area contributed by atoms with E-state index in [4.69, 9.17) is 11.6 Å². The van der Waals surface area contributed by atoms with Gasteiger partial charge in [-0.25, -0.2) is 8.42 Å². The smallest absolute Gasteiger partial charge is 0.452 e. The number of hydrogen-bond donors (Lipinski definition) is 2. The number of carboxylic acids is 1. The molecule has 2 atom stereocenters. The van der Waals surface area contributed by atoms with Crippen molar-refractivity contribution in [3.8, 4) is 10.6 Å². The van der Waals surface area contributed by atoms with Gasteiger partial charge in [-0.05, 0) is 36.2 Å². The number of aromatic nitrogens is 1. The van der Waals surface area contributed by atoms with E-state index in [0.717, 1.165) is 0 Å². The van der Waals surface area contributed by atoms with Gasteiger partial charge in [-0.15, -0.1) is 11.3 Å². The van der Waals surface area contributed by atoms with E-state index in [0.29, 0.717) is 28.0 Å². The molecule has 0 aliphatic heterocycles. The van der Waals surface area contributed by atoms with Gasteiger partial charge < -0.3 is 9.63 Å². The van der Waals surface area contributed by atoms with Crippen LogP contribution in [0.25, 0.3) is 10.6 Å². The molecule has 2 aromatic heterocycles. The summed E-state index contributed by atoms with van der Waals surface area (Å²) in [5.41, 5.74) is -2.49. The summed E-state index contributed by atoms with van der Waals surface area (Å²) in [6.45, 7) is 1.61. The molecule has 1 aliphatic carbocycles. The van der Waals surface area contributed by atoms with Crippen LogP contribution in [0.5, 0.6) is 0 Å². The lowest BCUT2D eigenvalue weighted by Gasteiger charge is -2.20. The lowest BCUT2D eigenvalue weighted by atomic mass is 9.93. The van der Waals surface area contributed by atoms with Crippen molar-refractivity contribution in [2.75, 3.05) is 0 Å². The van der Waals surface area contributed by atoms with E-state index in [1.807, 2.05) is 0 Å². The molecule has 2 N–H and O–H groups in total. The highest BCUT2D eigenvalue weighted by Gasteiger charge is 2.72. The second-order valence-electron chi connectivity index (χ2n) is 7.53. The minimum absolute atomic E-state index is 0.00856. The van der Waals surface area contributed by atoms with E-state index < -0.39 is 38.9 Å². The van der Waals surface area contributed by atoms with Gasteiger partial charge in [-0.3, -0.25) is 4.79 Å². The zero-order valence-corrected chi connectivity index (χ0v) is 18.5. The Bertz CT molecular complexity index is 1320. The van der Waals surface area contributed by atoms with Crippen LogP contribution < -0.4 is 4.72 Å². The van der Waals surface area contributed by atoms with E-state index >= 15 is 0 Å². The van der Waals surface area contributed by atoms with Gasteiger partial charge in [0.05, 0.1) is 4.88 Å². The van der Waals surface area contributed by atoms with Gasteiger partial charge in [-0.1, -0.05) is 35.8 Å². The number of rotatable bonds is 6. The fourth-order valence-electron chi connectivity index (χ4n) is 3.58. The Morgan fingerprint density at radius 3 is 2.59 bits per heavy atom. The molecular weight excluding hydrogens is 493 g/mol. The molecule has 0 amide bonds. The van der Waals surface area contributed by atoms with Crippen LogP contribution >= 0.6 is 22.9 Å². The number of benzene rings is 1. The van der Waals surface area contributed by atoms with Gasteiger partial charge in [0.15, 0.2) is 0 Å².